The highest BCUT2D eigenvalue weighted by atomic mass is 16.5. The molecule has 1 aliphatic heterocycles. The third-order valence-corrected chi connectivity index (χ3v) is 3.47. The first-order valence-corrected chi connectivity index (χ1v) is 7.43. The second-order valence-electron chi connectivity index (χ2n) is 5.87. The summed E-state index contributed by atoms with van der Waals surface area (Å²) < 4.78 is 5.51. The number of rotatable bonds is 5. The third-order valence-electron chi connectivity index (χ3n) is 3.47. The molecule has 6 heteroatoms. The van der Waals surface area contributed by atoms with Gasteiger partial charge < -0.3 is 15.0 Å². The van der Waals surface area contributed by atoms with Gasteiger partial charge in [0.25, 0.3) is 5.91 Å². The van der Waals surface area contributed by atoms with Gasteiger partial charge in [0.2, 0.25) is 5.95 Å². The number of aromatic nitrogens is 2. The fourth-order valence-corrected chi connectivity index (χ4v) is 2.17. The van der Waals surface area contributed by atoms with Crippen LogP contribution >= 0.6 is 0 Å². The van der Waals surface area contributed by atoms with Crippen LogP contribution < -0.4 is 10.2 Å². The molecule has 2 heterocycles. The van der Waals surface area contributed by atoms with Gasteiger partial charge in [-0.3, -0.25) is 4.79 Å². The molecule has 0 unspecified atom stereocenters. The van der Waals surface area contributed by atoms with E-state index in [1.165, 1.54) is 0 Å². The van der Waals surface area contributed by atoms with E-state index in [0.29, 0.717) is 18.2 Å². The largest absolute Gasteiger partial charge is 0.376 e. The standard InChI is InChI=1S/C15H24N4O2/c1-10(2)12-8-13(18-15(17-12)19(3)4)14(20)16-9-11-6-5-7-21-11/h8,10-11H,5-7,9H2,1-4H3,(H,16,20)/t11-/m0/s1. The normalized spacial score (nSPS) is 18.0. The molecule has 0 bridgehead atoms. The minimum absolute atomic E-state index is 0.133. The van der Waals surface area contributed by atoms with Crippen molar-refractivity contribution in [3.8, 4) is 0 Å². The van der Waals surface area contributed by atoms with Crippen molar-refractivity contribution in [2.24, 2.45) is 0 Å². The van der Waals surface area contributed by atoms with E-state index in [1.807, 2.05) is 19.0 Å². The molecular weight excluding hydrogens is 268 g/mol. The summed E-state index contributed by atoms with van der Waals surface area (Å²) in [6.07, 6.45) is 2.20. The molecular formula is C15H24N4O2. The maximum absolute atomic E-state index is 12.3. The monoisotopic (exact) mass is 292 g/mol. The molecule has 1 N–H and O–H groups in total. The van der Waals surface area contributed by atoms with E-state index in [-0.39, 0.29) is 17.9 Å². The van der Waals surface area contributed by atoms with E-state index in [1.54, 1.807) is 6.07 Å². The van der Waals surface area contributed by atoms with Crippen LogP contribution in [0.3, 0.4) is 0 Å². The van der Waals surface area contributed by atoms with Crippen LogP contribution in [0, 0.1) is 0 Å². The van der Waals surface area contributed by atoms with Crippen LogP contribution in [-0.4, -0.2) is 49.2 Å². The number of anilines is 1. The molecule has 1 fully saturated rings. The number of nitrogens with zero attached hydrogens (tertiary/aromatic N) is 3. The Labute approximate surface area is 125 Å². The predicted molar refractivity (Wildman–Crippen MR) is 81.8 cm³/mol. The van der Waals surface area contributed by atoms with Crippen molar-refractivity contribution >= 4 is 11.9 Å². The van der Waals surface area contributed by atoms with Gasteiger partial charge in [-0.25, -0.2) is 9.97 Å². The predicted octanol–water partition coefficient (Wildman–Crippen LogP) is 1.57. The first-order chi connectivity index (χ1) is 9.97. The molecule has 2 rings (SSSR count). The Morgan fingerprint density at radius 2 is 2.24 bits per heavy atom. The van der Waals surface area contributed by atoms with Crippen LogP contribution in [-0.2, 0) is 4.74 Å². The van der Waals surface area contributed by atoms with Crippen LogP contribution in [0.1, 0.15) is 48.8 Å². The Bertz CT molecular complexity index is 470. The zero-order valence-corrected chi connectivity index (χ0v) is 13.2. The maximum Gasteiger partial charge on any atom is 0.270 e. The van der Waals surface area contributed by atoms with Crippen molar-refractivity contribution < 1.29 is 9.53 Å². The number of hydrogen-bond donors (Lipinski definition) is 1. The second kappa shape index (κ2) is 6.85. The van der Waals surface area contributed by atoms with E-state index in [9.17, 15) is 4.79 Å². The van der Waals surface area contributed by atoms with Gasteiger partial charge in [0, 0.05) is 32.9 Å². The van der Waals surface area contributed by atoms with E-state index in [0.717, 1.165) is 25.1 Å². The molecule has 6 nitrogen and oxygen atoms in total. The van der Waals surface area contributed by atoms with E-state index >= 15 is 0 Å². The lowest BCUT2D eigenvalue weighted by molar-refractivity contribution is 0.0853. The van der Waals surface area contributed by atoms with Crippen molar-refractivity contribution in [2.75, 3.05) is 32.1 Å². The van der Waals surface area contributed by atoms with Crippen molar-refractivity contribution in [3.63, 3.8) is 0 Å². The van der Waals surface area contributed by atoms with Gasteiger partial charge in [-0.05, 0) is 24.8 Å². The highest BCUT2D eigenvalue weighted by Gasteiger charge is 2.18. The lowest BCUT2D eigenvalue weighted by Crippen LogP contribution is -2.32. The Morgan fingerprint density at radius 3 is 2.81 bits per heavy atom. The van der Waals surface area contributed by atoms with Gasteiger partial charge in [0.15, 0.2) is 0 Å². The number of nitrogens with one attached hydrogen (secondary N) is 1. The average Bonchev–Trinajstić information content (AvgIpc) is 2.97. The van der Waals surface area contributed by atoms with E-state index in [2.05, 4.69) is 29.1 Å². The van der Waals surface area contributed by atoms with Crippen molar-refractivity contribution in [1.29, 1.82) is 0 Å². The summed E-state index contributed by atoms with van der Waals surface area (Å²) >= 11 is 0. The van der Waals surface area contributed by atoms with Gasteiger partial charge in [-0.2, -0.15) is 0 Å². The topological polar surface area (TPSA) is 67.3 Å². The van der Waals surface area contributed by atoms with Gasteiger partial charge in [0.05, 0.1) is 6.10 Å². The lowest BCUT2D eigenvalue weighted by Gasteiger charge is -2.15. The quantitative estimate of drug-likeness (QED) is 0.892. The smallest absolute Gasteiger partial charge is 0.270 e. The lowest BCUT2D eigenvalue weighted by atomic mass is 10.1. The molecule has 1 aromatic heterocycles. The van der Waals surface area contributed by atoms with Crippen LogP contribution in [0.4, 0.5) is 5.95 Å². The molecule has 0 aromatic carbocycles. The summed E-state index contributed by atoms with van der Waals surface area (Å²) in [5, 5.41) is 2.90. The molecule has 0 spiro atoms. The van der Waals surface area contributed by atoms with E-state index in [4.69, 9.17) is 4.74 Å². The Kier molecular flexibility index (Phi) is 5.12. The molecule has 1 saturated heterocycles. The molecule has 0 saturated carbocycles. The summed E-state index contributed by atoms with van der Waals surface area (Å²) in [4.78, 5) is 22.9. The Balaban J connectivity index is 2.11. The number of hydrogen-bond acceptors (Lipinski definition) is 5. The van der Waals surface area contributed by atoms with Gasteiger partial charge in [-0.1, -0.05) is 13.8 Å². The minimum Gasteiger partial charge on any atom is -0.376 e. The average molecular weight is 292 g/mol. The molecule has 1 atom stereocenters. The SMILES string of the molecule is CC(C)c1cc(C(=O)NC[C@@H]2CCCO2)nc(N(C)C)n1. The van der Waals surface area contributed by atoms with Gasteiger partial charge in [-0.15, -0.1) is 0 Å². The summed E-state index contributed by atoms with van der Waals surface area (Å²) in [6, 6.07) is 1.77. The summed E-state index contributed by atoms with van der Waals surface area (Å²) in [5.41, 5.74) is 1.28. The fraction of sp³-hybridized carbons (Fsp3) is 0.667. The highest BCUT2D eigenvalue weighted by molar-refractivity contribution is 5.92. The molecule has 0 radical (unpaired) electrons. The van der Waals surface area contributed by atoms with Gasteiger partial charge in [0.1, 0.15) is 5.69 Å². The molecule has 1 aliphatic rings. The van der Waals surface area contributed by atoms with Crippen LogP contribution in [0.15, 0.2) is 6.07 Å². The van der Waals surface area contributed by atoms with Crippen molar-refractivity contribution in [3.05, 3.63) is 17.5 Å². The molecule has 1 amide bonds. The minimum atomic E-state index is -0.169. The fourth-order valence-electron chi connectivity index (χ4n) is 2.17. The number of carbonyl (C=O) groups is 1. The van der Waals surface area contributed by atoms with Crippen LogP contribution in [0.5, 0.6) is 0 Å². The highest BCUT2D eigenvalue weighted by Crippen LogP contribution is 2.16. The van der Waals surface area contributed by atoms with Crippen LogP contribution in [0.25, 0.3) is 0 Å². The summed E-state index contributed by atoms with van der Waals surface area (Å²) in [5.74, 6) is 0.637. The van der Waals surface area contributed by atoms with E-state index < -0.39 is 0 Å². The van der Waals surface area contributed by atoms with Crippen LogP contribution in [0.2, 0.25) is 0 Å². The number of carbonyl (C=O) groups excluding carboxylic acids is 1. The third kappa shape index (κ3) is 4.14. The maximum atomic E-state index is 12.3. The Hall–Kier alpha value is -1.69. The van der Waals surface area contributed by atoms with Crippen molar-refractivity contribution in [2.45, 2.75) is 38.7 Å². The molecule has 116 valence electrons. The molecule has 1 aromatic rings. The second-order valence-corrected chi connectivity index (χ2v) is 5.87. The number of amides is 1. The number of ether oxygens (including phenoxy) is 1. The zero-order chi connectivity index (χ0) is 15.4. The summed E-state index contributed by atoms with van der Waals surface area (Å²) in [6.45, 7) is 5.43. The summed E-state index contributed by atoms with van der Waals surface area (Å²) in [7, 11) is 3.74. The Morgan fingerprint density at radius 1 is 1.48 bits per heavy atom. The van der Waals surface area contributed by atoms with Crippen molar-refractivity contribution in [1.82, 2.24) is 15.3 Å². The first-order valence-electron chi connectivity index (χ1n) is 7.43. The van der Waals surface area contributed by atoms with Gasteiger partial charge >= 0.3 is 0 Å². The first kappa shape index (κ1) is 15.7. The zero-order valence-electron chi connectivity index (χ0n) is 13.2. The molecule has 21 heavy (non-hydrogen) atoms. The molecule has 0 aliphatic carbocycles.